The SMILES string of the molecule is CC(c1ccc(CC(=O)Nc2ccc(C(O)(c3cn(C)cn3)C(F)(F)F)cc2)cc1)S(=O)O. The van der Waals surface area contributed by atoms with Crippen LogP contribution in [-0.4, -0.2) is 35.5 Å². The summed E-state index contributed by atoms with van der Waals surface area (Å²) in [6.07, 6.45) is -2.76. The van der Waals surface area contributed by atoms with Crippen molar-refractivity contribution in [3.05, 3.63) is 83.4 Å². The van der Waals surface area contributed by atoms with E-state index in [1.807, 2.05) is 0 Å². The summed E-state index contributed by atoms with van der Waals surface area (Å²) in [7, 11) is 1.49. The van der Waals surface area contributed by atoms with Gasteiger partial charge in [0.1, 0.15) is 5.69 Å². The van der Waals surface area contributed by atoms with E-state index in [4.69, 9.17) is 4.55 Å². The molecule has 0 aliphatic heterocycles. The van der Waals surface area contributed by atoms with Crippen LogP contribution in [-0.2, 0) is 34.9 Å². The Morgan fingerprint density at radius 1 is 1.15 bits per heavy atom. The molecule has 0 bridgehead atoms. The van der Waals surface area contributed by atoms with Gasteiger partial charge in [-0.05, 0) is 35.7 Å². The number of imidazole rings is 1. The van der Waals surface area contributed by atoms with Gasteiger partial charge >= 0.3 is 6.18 Å². The van der Waals surface area contributed by atoms with E-state index in [1.54, 1.807) is 31.2 Å². The molecule has 2 aromatic carbocycles. The third-order valence-electron chi connectivity index (χ3n) is 5.19. The van der Waals surface area contributed by atoms with Crippen molar-refractivity contribution in [1.29, 1.82) is 0 Å². The summed E-state index contributed by atoms with van der Waals surface area (Å²) in [5, 5.41) is 12.6. The first kappa shape index (κ1) is 24.6. The number of hydrogen-bond donors (Lipinski definition) is 3. The summed E-state index contributed by atoms with van der Waals surface area (Å²) >= 11 is -2.00. The summed E-state index contributed by atoms with van der Waals surface area (Å²) in [6, 6.07) is 11.4. The average Bonchev–Trinajstić information content (AvgIpc) is 3.19. The highest BCUT2D eigenvalue weighted by molar-refractivity contribution is 7.79. The fraction of sp³-hybridized carbons (Fsp3) is 0.273. The molecule has 3 rings (SSSR count). The van der Waals surface area contributed by atoms with E-state index in [2.05, 4.69) is 10.3 Å². The number of aliphatic hydroxyl groups is 1. The summed E-state index contributed by atoms with van der Waals surface area (Å²) in [4.78, 5) is 16.0. The Labute approximate surface area is 190 Å². The molecule has 11 heteroatoms. The molecular formula is C22H22F3N3O4S. The molecule has 176 valence electrons. The number of alkyl halides is 3. The van der Waals surface area contributed by atoms with Crippen LogP contribution in [0, 0.1) is 0 Å². The second kappa shape index (κ2) is 9.46. The van der Waals surface area contributed by atoms with Crippen molar-refractivity contribution in [2.75, 3.05) is 5.32 Å². The van der Waals surface area contributed by atoms with E-state index in [0.717, 1.165) is 24.7 Å². The van der Waals surface area contributed by atoms with Crippen LogP contribution in [0.3, 0.4) is 0 Å². The van der Waals surface area contributed by atoms with Crippen LogP contribution in [0.5, 0.6) is 0 Å². The third kappa shape index (κ3) is 5.32. The summed E-state index contributed by atoms with van der Waals surface area (Å²) in [5.74, 6) is -0.398. The van der Waals surface area contributed by atoms with Crippen LogP contribution in [0.15, 0.2) is 61.1 Å². The number of amides is 1. The molecule has 1 amide bonds. The summed E-state index contributed by atoms with van der Waals surface area (Å²) in [5.41, 5.74) is -2.72. The zero-order chi connectivity index (χ0) is 24.4. The van der Waals surface area contributed by atoms with Crippen molar-refractivity contribution in [1.82, 2.24) is 9.55 Å². The fourth-order valence-electron chi connectivity index (χ4n) is 3.26. The first-order valence-electron chi connectivity index (χ1n) is 9.78. The molecule has 3 unspecified atom stereocenters. The van der Waals surface area contributed by atoms with E-state index >= 15 is 0 Å². The molecule has 0 radical (unpaired) electrons. The number of carbonyl (C=O) groups excluding carboxylic acids is 1. The molecule has 0 fully saturated rings. The lowest BCUT2D eigenvalue weighted by Gasteiger charge is -2.29. The van der Waals surface area contributed by atoms with Gasteiger partial charge in [-0.25, -0.2) is 9.19 Å². The smallest absolute Gasteiger partial charge is 0.371 e. The van der Waals surface area contributed by atoms with Crippen molar-refractivity contribution in [2.45, 2.75) is 30.4 Å². The molecule has 0 saturated heterocycles. The van der Waals surface area contributed by atoms with E-state index in [-0.39, 0.29) is 12.1 Å². The van der Waals surface area contributed by atoms with Crippen LogP contribution in [0.25, 0.3) is 0 Å². The minimum Gasteiger partial charge on any atom is -0.371 e. The second-order valence-corrected chi connectivity index (χ2v) is 8.85. The number of nitrogens with one attached hydrogen (secondary N) is 1. The minimum atomic E-state index is -5.02. The molecular weight excluding hydrogens is 459 g/mol. The maximum absolute atomic E-state index is 13.8. The van der Waals surface area contributed by atoms with Gasteiger partial charge in [0.25, 0.3) is 0 Å². The van der Waals surface area contributed by atoms with Crippen molar-refractivity contribution in [2.24, 2.45) is 7.05 Å². The second-order valence-electron chi connectivity index (χ2n) is 7.59. The van der Waals surface area contributed by atoms with Crippen LogP contribution in [0.1, 0.15) is 34.6 Å². The number of rotatable bonds is 7. The predicted molar refractivity (Wildman–Crippen MR) is 117 cm³/mol. The van der Waals surface area contributed by atoms with E-state index < -0.39 is 45.3 Å². The summed E-state index contributed by atoms with van der Waals surface area (Å²) in [6.45, 7) is 1.61. The number of aromatic nitrogens is 2. The van der Waals surface area contributed by atoms with Crippen molar-refractivity contribution < 1.29 is 31.8 Å². The van der Waals surface area contributed by atoms with Gasteiger partial charge in [-0.2, -0.15) is 13.2 Å². The van der Waals surface area contributed by atoms with Gasteiger partial charge in [-0.15, -0.1) is 0 Å². The van der Waals surface area contributed by atoms with Gasteiger partial charge in [-0.1, -0.05) is 36.4 Å². The normalized spacial score (nSPS) is 15.5. The topological polar surface area (TPSA) is 104 Å². The van der Waals surface area contributed by atoms with Gasteiger partial charge < -0.3 is 19.5 Å². The number of nitrogens with zero attached hydrogens (tertiary/aromatic N) is 2. The molecule has 3 atom stereocenters. The molecule has 3 aromatic rings. The molecule has 33 heavy (non-hydrogen) atoms. The van der Waals surface area contributed by atoms with Crippen molar-refractivity contribution in [3.8, 4) is 0 Å². The highest BCUT2D eigenvalue weighted by atomic mass is 32.2. The van der Waals surface area contributed by atoms with Crippen molar-refractivity contribution in [3.63, 3.8) is 0 Å². The number of benzene rings is 2. The predicted octanol–water partition coefficient (Wildman–Crippen LogP) is 3.68. The first-order chi connectivity index (χ1) is 15.4. The van der Waals surface area contributed by atoms with E-state index in [1.165, 1.54) is 23.7 Å². The monoisotopic (exact) mass is 481 g/mol. The molecule has 0 aliphatic rings. The van der Waals surface area contributed by atoms with Crippen molar-refractivity contribution >= 4 is 22.7 Å². The Hall–Kier alpha value is -3.02. The Morgan fingerprint density at radius 2 is 1.76 bits per heavy atom. The molecule has 3 N–H and O–H groups in total. The zero-order valence-electron chi connectivity index (χ0n) is 17.7. The Kier molecular flexibility index (Phi) is 7.06. The average molecular weight is 481 g/mol. The Balaban J connectivity index is 1.72. The number of hydrogen-bond acceptors (Lipinski definition) is 4. The highest BCUT2D eigenvalue weighted by Crippen LogP contribution is 2.43. The lowest BCUT2D eigenvalue weighted by Crippen LogP contribution is -2.43. The molecule has 0 saturated carbocycles. The first-order valence-corrected chi connectivity index (χ1v) is 10.9. The van der Waals surface area contributed by atoms with Gasteiger partial charge in [0, 0.05) is 18.9 Å². The largest absolute Gasteiger partial charge is 0.427 e. The maximum Gasteiger partial charge on any atom is 0.427 e. The highest BCUT2D eigenvalue weighted by Gasteiger charge is 2.57. The van der Waals surface area contributed by atoms with Gasteiger partial charge in [0.05, 0.1) is 18.0 Å². The molecule has 1 heterocycles. The molecule has 0 aliphatic carbocycles. The molecule has 7 nitrogen and oxygen atoms in total. The quantitative estimate of drug-likeness (QED) is 0.447. The van der Waals surface area contributed by atoms with Gasteiger partial charge in [0.2, 0.25) is 11.5 Å². The lowest BCUT2D eigenvalue weighted by molar-refractivity contribution is -0.249. The third-order valence-corrected chi connectivity index (χ3v) is 6.07. The Morgan fingerprint density at radius 3 is 2.24 bits per heavy atom. The van der Waals surface area contributed by atoms with Crippen LogP contribution in [0.2, 0.25) is 0 Å². The fourth-order valence-corrected chi connectivity index (χ4v) is 3.65. The minimum absolute atomic E-state index is 0.000942. The van der Waals surface area contributed by atoms with E-state index in [0.29, 0.717) is 11.1 Å². The molecule has 1 aromatic heterocycles. The van der Waals surface area contributed by atoms with Crippen LogP contribution in [0.4, 0.5) is 18.9 Å². The van der Waals surface area contributed by atoms with Crippen LogP contribution < -0.4 is 5.32 Å². The standard InChI is InChI=1S/C22H22F3N3O4S/c1-14(33(31)32)16-5-3-15(4-6-16)11-20(29)27-18-9-7-17(8-10-18)21(30,22(23,24)25)19-12-28(2)13-26-19/h3-10,12-14,30H,11H2,1-2H3,(H,27,29)(H,31,32). The van der Waals surface area contributed by atoms with Gasteiger partial charge in [0.15, 0.2) is 11.1 Å². The zero-order valence-corrected chi connectivity index (χ0v) is 18.5. The number of halogens is 3. The number of anilines is 1. The Bertz CT molecular complexity index is 1150. The molecule has 0 spiro atoms. The van der Waals surface area contributed by atoms with Crippen LogP contribution >= 0.6 is 0 Å². The lowest BCUT2D eigenvalue weighted by atomic mass is 9.90. The number of aryl methyl sites for hydroxylation is 1. The summed E-state index contributed by atoms with van der Waals surface area (Å²) < 4.78 is 62.9. The number of carbonyl (C=O) groups is 1. The maximum atomic E-state index is 13.8. The van der Waals surface area contributed by atoms with Gasteiger partial charge in [-0.3, -0.25) is 4.79 Å². The van der Waals surface area contributed by atoms with E-state index in [9.17, 15) is 27.3 Å².